The van der Waals surface area contributed by atoms with E-state index in [4.69, 9.17) is 16.3 Å². The van der Waals surface area contributed by atoms with Crippen LogP contribution < -0.4 is 9.64 Å². The summed E-state index contributed by atoms with van der Waals surface area (Å²) < 4.78 is 5.30. The standard InChI is InChI=1S/C21H18ClN3O2S/c1-27-17-7-2-4-14(8-17)18-10-20(26)25-12-24(13-28-21(25)19(18)11-23)16-6-3-5-15(22)9-16/h2-9,18H,10,12-13H2,1H3. The molecule has 0 saturated carbocycles. The molecule has 2 aromatic rings. The summed E-state index contributed by atoms with van der Waals surface area (Å²) in [6.07, 6.45) is 0.267. The number of amides is 1. The van der Waals surface area contributed by atoms with Gasteiger partial charge in [-0.15, -0.1) is 0 Å². The fraction of sp³-hybridized carbons (Fsp3) is 0.238. The fourth-order valence-electron chi connectivity index (χ4n) is 3.54. The van der Waals surface area contributed by atoms with Crippen molar-refractivity contribution in [3.63, 3.8) is 0 Å². The monoisotopic (exact) mass is 411 g/mol. The maximum absolute atomic E-state index is 13.0. The van der Waals surface area contributed by atoms with Crippen LogP contribution in [0.15, 0.2) is 59.1 Å². The number of benzene rings is 2. The lowest BCUT2D eigenvalue weighted by molar-refractivity contribution is -0.129. The van der Waals surface area contributed by atoms with Gasteiger partial charge in [-0.25, -0.2) is 0 Å². The number of ether oxygens (including phenoxy) is 1. The second kappa shape index (κ2) is 7.78. The summed E-state index contributed by atoms with van der Waals surface area (Å²) in [6, 6.07) is 17.5. The lowest BCUT2D eigenvalue weighted by Crippen LogP contribution is -2.47. The van der Waals surface area contributed by atoms with Gasteiger partial charge in [-0.3, -0.25) is 9.69 Å². The average molecular weight is 412 g/mol. The highest BCUT2D eigenvalue weighted by atomic mass is 35.5. The Kier molecular flexibility index (Phi) is 5.21. The van der Waals surface area contributed by atoms with Gasteiger partial charge in [-0.1, -0.05) is 41.6 Å². The van der Waals surface area contributed by atoms with Gasteiger partial charge < -0.3 is 9.64 Å². The molecule has 1 fully saturated rings. The highest BCUT2D eigenvalue weighted by Gasteiger charge is 2.38. The van der Waals surface area contributed by atoms with Gasteiger partial charge in [0.1, 0.15) is 5.75 Å². The Morgan fingerprint density at radius 3 is 2.82 bits per heavy atom. The van der Waals surface area contributed by atoms with E-state index in [1.807, 2.05) is 48.5 Å². The van der Waals surface area contributed by atoms with Crippen LogP contribution in [0.1, 0.15) is 17.9 Å². The number of halogens is 1. The van der Waals surface area contributed by atoms with Crippen molar-refractivity contribution in [2.45, 2.75) is 12.3 Å². The molecule has 2 heterocycles. The Hall–Kier alpha value is -2.62. The van der Waals surface area contributed by atoms with E-state index >= 15 is 0 Å². The number of methoxy groups -OCH3 is 1. The van der Waals surface area contributed by atoms with Crippen LogP contribution in [0.5, 0.6) is 5.75 Å². The van der Waals surface area contributed by atoms with Crippen molar-refractivity contribution in [1.29, 1.82) is 5.26 Å². The number of nitriles is 1. The molecular weight excluding hydrogens is 394 g/mol. The topological polar surface area (TPSA) is 56.6 Å². The summed E-state index contributed by atoms with van der Waals surface area (Å²) in [5.41, 5.74) is 2.53. The summed E-state index contributed by atoms with van der Waals surface area (Å²) in [5.74, 6) is 1.14. The van der Waals surface area contributed by atoms with E-state index in [9.17, 15) is 10.1 Å². The van der Waals surface area contributed by atoms with E-state index in [2.05, 4.69) is 11.0 Å². The molecule has 0 aromatic heterocycles. The zero-order chi connectivity index (χ0) is 19.7. The van der Waals surface area contributed by atoms with Crippen LogP contribution in [0.3, 0.4) is 0 Å². The maximum Gasteiger partial charge on any atom is 0.229 e. The number of hydrogen-bond acceptors (Lipinski definition) is 5. The molecule has 0 spiro atoms. The molecule has 0 N–H and O–H groups in total. The molecule has 28 heavy (non-hydrogen) atoms. The highest BCUT2D eigenvalue weighted by molar-refractivity contribution is 8.03. The smallest absolute Gasteiger partial charge is 0.229 e. The summed E-state index contributed by atoms with van der Waals surface area (Å²) in [7, 11) is 1.61. The Balaban J connectivity index is 1.67. The number of fused-ring (bicyclic) bond motifs is 1. The number of carbonyl (C=O) groups excluding carboxylic acids is 1. The molecular formula is C21H18ClN3O2S. The van der Waals surface area contributed by atoms with E-state index in [1.54, 1.807) is 12.0 Å². The molecule has 5 nitrogen and oxygen atoms in total. The average Bonchev–Trinajstić information content (AvgIpc) is 2.73. The highest BCUT2D eigenvalue weighted by Crippen LogP contribution is 2.43. The zero-order valence-corrected chi connectivity index (χ0v) is 16.8. The van der Waals surface area contributed by atoms with E-state index in [1.165, 1.54) is 11.8 Å². The number of allylic oxidation sites excluding steroid dienone is 1. The lowest BCUT2D eigenvalue weighted by Gasteiger charge is -2.42. The molecule has 0 bridgehead atoms. The van der Waals surface area contributed by atoms with Crippen LogP contribution in [0.2, 0.25) is 5.02 Å². The van der Waals surface area contributed by atoms with Gasteiger partial charge in [0.2, 0.25) is 5.91 Å². The van der Waals surface area contributed by atoms with Crippen LogP contribution in [0.4, 0.5) is 5.69 Å². The maximum atomic E-state index is 13.0. The summed E-state index contributed by atoms with van der Waals surface area (Å²) in [5, 5.41) is 11.3. The molecule has 1 amide bonds. The molecule has 2 aliphatic heterocycles. The van der Waals surface area contributed by atoms with Gasteiger partial charge in [-0.2, -0.15) is 5.26 Å². The number of anilines is 1. The van der Waals surface area contributed by atoms with E-state index in [-0.39, 0.29) is 18.2 Å². The first-order valence-corrected chi connectivity index (χ1v) is 10.2. The SMILES string of the molecule is COc1cccc(C2CC(=O)N3CN(c4cccc(Cl)c4)CSC3=C2C#N)c1. The van der Waals surface area contributed by atoms with Gasteiger partial charge in [-0.05, 0) is 35.9 Å². The first kappa shape index (κ1) is 18.7. The summed E-state index contributed by atoms with van der Waals surface area (Å²) in [6.45, 7) is 0.414. The molecule has 142 valence electrons. The van der Waals surface area contributed by atoms with Crippen molar-refractivity contribution in [3.8, 4) is 11.8 Å². The number of hydrogen-bond donors (Lipinski definition) is 0. The normalized spacial score (nSPS) is 19.3. The molecule has 2 aliphatic rings. The van der Waals surface area contributed by atoms with E-state index in [0.29, 0.717) is 23.1 Å². The third-order valence-electron chi connectivity index (χ3n) is 4.96. The van der Waals surface area contributed by atoms with E-state index in [0.717, 1.165) is 22.0 Å². The number of carbonyl (C=O) groups is 1. The first-order valence-electron chi connectivity index (χ1n) is 8.82. The van der Waals surface area contributed by atoms with Crippen LogP contribution in [-0.2, 0) is 4.79 Å². The Labute approximate surface area is 173 Å². The Bertz CT molecular complexity index is 1000. The van der Waals surface area contributed by atoms with Crippen molar-refractivity contribution in [2.24, 2.45) is 0 Å². The van der Waals surface area contributed by atoms with Crippen molar-refractivity contribution in [2.75, 3.05) is 24.6 Å². The molecule has 4 rings (SSSR count). The predicted molar refractivity (Wildman–Crippen MR) is 111 cm³/mol. The zero-order valence-electron chi connectivity index (χ0n) is 15.3. The van der Waals surface area contributed by atoms with Crippen LogP contribution in [0.25, 0.3) is 0 Å². The fourth-order valence-corrected chi connectivity index (χ4v) is 4.89. The van der Waals surface area contributed by atoms with E-state index < -0.39 is 0 Å². The molecule has 1 unspecified atom stereocenters. The van der Waals surface area contributed by atoms with Crippen molar-refractivity contribution in [1.82, 2.24) is 4.90 Å². The van der Waals surface area contributed by atoms with Crippen molar-refractivity contribution < 1.29 is 9.53 Å². The van der Waals surface area contributed by atoms with Gasteiger partial charge in [0.05, 0.1) is 36.3 Å². The quantitative estimate of drug-likeness (QED) is 0.740. The molecule has 7 heteroatoms. The molecule has 1 saturated heterocycles. The van der Waals surface area contributed by atoms with Crippen LogP contribution >= 0.6 is 23.4 Å². The molecule has 2 aromatic carbocycles. The number of thioether (sulfide) groups is 1. The number of rotatable bonds is 3. The minimum atomic E-state index is -0.246. The predicted octanol–water partition coefficient (Wildman–Crippen LogP) is 4.57. The third kappa shape index (κ3) is 3.44. The van der Waals surface area contributed by atoms with Crippen LogP contribution in [0, 0.1) is 11.3 Å². The molecule has 0 aliphatic carbocycles. The van der Waals surface area contributed by atoms with Gasteiger partial charge in [0.15, 0.2) is 0 Å². The van der Waals surface area contributed by atoms with Crippen molar-refractivity contribution >= 4 is 35.0 Å². The summed E-state index contributed by atoms with van der Waals surface area (Å²) >= 11 is 7.63. The number of nitrogens with zero attached hydrogens (tertiary/aromatic N) is 3. The third-order valence-corrected chi connectivity index (χ3v) is 6.35. The molecule has 1 atom stereocenters. The van der Waals surface area contributed by atoms with Gasteiger partial charge >= 0.3 is 0 Å². The second-order valence-corrected chi connectivity index (χ2v) is 7.99. The molecule has 0 radical (unpaired) electrons. The summed E-state index contributed by atoms with van der Waals surface area (Å²) in [4.78, 5) is 16.8. The minimum Gasteiger partial charge on any atom is -0.497 e. The lowest BCUT2D eigenvalue weighted by atomic mass is 9.86. The van der Waals surface area contributed by atoms with Gasteiger partial charge in [0.25, 0.3) is 0 Å². The first-order chi connectivity index (χ1) is 13.6. The Morgan fingerprint density at radius 2 is 2.07 bits per heavy atom. The van der Waals surface area contributed by atoms with Crippen LogP contribution in [-0.4, -0.2) is 30.5 Å². The minimum absolute atomic E-state index is 0.0149. The van der Waals surface area contributed by atoms with Gasteiger partial charge in [0, 0.05) is 23.0 Å². The largest absolute Gasteiger partial charge is 0.497 e. The second-order valence-electron chi connectivity index (χ2n) is 6.62. The van der Waals surface area contributed by atoms with Crippen molar-refractivity contribution in [3.05, 3.63) is 69.7 Å². The Morgan fingerprint density at radius 1 is 1.25 bits per heavy atom.